The largest absolute Gasteiger partial charge is 0.364 e. The third-order valence-corrected chi connectivity index (χ3v) is 2.53. The predicted octanol–water partition coefficient (Wildman–Crippen LogP) is 1.15. The van der Waals surface area contributed by atoms with E-state index in [1.807, 2.05) is 6.92 Å². The maximum absolute atomic E-state index is 11.3. The van der Waals surface area contributed by atoms with Crippen LogP contribution < -0.4 is 5.73 Å². The maximum atomic E-state index is 11.3. The number of imidazole rings is 1. The highest BCUT2D eigenvalue weighted by atomic mass is 79.9. The number of halogens is 1. The molecule has 15 heavy (non-hydrogen) atoms. The highest BCUT2D eigenvalue weighted by Crippen LogP contribution is 2.14. The summed E-state index contributed by atoms with van der Waals surface area (Å²) in [6, 6.07) is 0. The molecule has 2 heterocycles. The molecule has 0 bridgehead atoms. The van der Waals surface area contributed by atoms with Crippen molar-refractivity contribution in [2.75, 3.05) is 0 Å². The molecule has 0 aliphatic rings. The summed E-state index contributed by atoms with van der Waals surface area (Å²) in [7, 11) is 0. The SMILES string of the molecule is CCc1nc2cnc(Br)cn2c1C(N)=O. The van der Waals surface area contributed by atoms with Crippen molar-refractivity contribution in [1.82, 2.24) is 14.4 Å². The zero-order valence-electron chi connectivity index (χ0n) is 8.07. The van der Waals surface area contributed by atoms with E-state index in [1.165, 1.54) is 0 Å². The number of nitrogens with zero attached hydrogens (tertiary/aromatic N) is 3. The number of aromatic nitrogens is 3. The zero-order valence-corrected chi connectivity index (χ0v) is 9.65. The van der Waals surface area contributed by atoms with Crippen LogP contribution in [0.15, 0.2) is 17.0 Å². The standard InChI is InChI=1S/C9H9BrN4O/c1-2-5-8(9(11)15)14-4-6(10)12-3-7(14)13-5/h3-4H,2H2,1H3,(H2,11,15). The summed E-state index contributed by atoms with van der Waals surface area (Å²) in [6.07, 6.45) is 3.94. The highest BCUT2D eigenvalue weighted by molar-refractivity contribution is 9.10. The van der Waals surface area contributed by atoms with E-state index in [4.69, 9.17) is 5.73 Å². The molecule has 2 N–H and O–H groups in total. The van der Waals surface area contributed by atoms with E-state index in [0.717, 1.165) is 0 Å². The van der Waals surface area contributed by atoms with Crippen LogP contribution in [-0.2, 0) is 6.42 Å². The van der Waals surface area contributed by atoms with Crippen LogP contribution in [0.3, 0.4) is 0 Å². The summed E-state index contributed by atoms with van der Waals surface area (Å²) < 4.78 is 2.29. The average Bonchev–Trinajstić information content (AvgIpc) is 2.55. The van der Waals surface area contributed by atoms with Crippen molar-refractivity contribution < 1.29 is 4.79 Å². The fraction of sp³-hybridized carbons (Fsp3) is 0.222. The van der Waals surface area contributed by atoms with Crippen molar-refractivity contribution in [3.05, 3.63) is 28.4 Å². The summed E-state index contributed by atoms with van der Waals surface area (Å²) >= 11 is 3.24. The number of rotatable bonds is 2. The Hall–Kier alpha value is -1.43. The fourth-order valence-corrected chi connectivity index (χ4v) is 1.79. The minimum absolute atomic E-state index is 0.426. The van der Waals surface area contributed by atoms with Crippen LogP contribution >= 0.6 is 15.9 Å². The molecular weight excluding hydrogens is 260 g/mol. The first-order chi connectivity index (χ1) is 7.13. The number of aryl methyl sites for hydroxylation is 1. The van der Waals surface area contributed by atoms with Gasteiger partial charge in [0.2, 0.25) is 0 Å². The molecule has 0 saturated carbocycles. The van der Waals surface area contributed by atoms with Gasteiger partial charge in [-0.25, -0.2) is 9.97 Å². The Balaban J connectivity index is 2.82. The van der Waals surface area contributed by atoms with Crippen LogP contribution in [-0.4, -0.2) is 20.3 Å². The number of carbonyl (C=O) groups excluding carboxylic acids is 1. The van der Waals surface area contributed by atoms with Crippen LogP contribution in [0, 0.1) is 0 Å². The lowest BCUT2D eigenvalue weighted by Crippen LogP contribution is -2.15. The smallest absolute Gasteiger partial charge is 0.267 e. The summed E-state index contributed by atoms with van der Waals surface area (Å²) in [4.78, 5) is 19.6. The van der Waals surface area contributed by atoms with Gasteiger partial charge in [-0.15, -0.1) is 0 Å². The Morgan fingerprint density at radius 1 is 1.67 bits per heavy atom. The first-order valence-electron chi connectivity index (χ1n) is 4.45. The summed E-state index contributed by atoms with van der Waals surface area (Å²) in [5, 5.41) is 0. The molecule has 78 valence electrons. The van der Waals surface area contributed by atoms with Crippen LogP contribution in [0.1, 0.15) is 23.1 Å². The van der Waals surface area contributed by atoms with E-state index >= 15 is 0 Å². The first kappa shape index (κ1) is 10.1. The van der Waals surface area contributed by atoms with E-state index < -0.39 is 5.91 Å². The molecule has 0 unspecified atom stereocenters. The summed E-state index contributed by atoms with van der Waals surface area (Å²) in [5.41, 5.74) is 7.07. The second-order valence-corrected chi connectivity index (χ2v) is 3.88. The number of amides is 1. The fourth-order valence-electron chi connectivity index (χ4n) is 1.49. The van der Waals surface area contributed by atoms with Gasteiger partial charge in [-0.05, 0) is 22.4 Å². The lowest BCUT2D eigenvalue weighted by atomic mass is 10.2. The van der Waals surface area contributed by atoms with Crippen molar-refractivity contribution in [2.24, 2.45) is 5.73 Å². The van der Waals surface area contributed by atoms with Crippen LogP contribution in [0.4, 0.5) is 0 Å². The Bertz CT molecular complexity index is 534. The quantitative estimate of drug-likeness (QED) is 0.888. The van der Waals surface area contributed by atoms with Crippen molar-refractivity contribution in [3.63, 3.8) is 0 Å². The van der Waals surface area contributed by atoms with Crippen LogP contribution in [0.5, 0.6) is 0 Å². The molecule has 6 heteroatoms. The van der Waals surface area contributed by atoms with E-state index in [0.29, 0.717) is 28.1 Å². The van der Waals surface area contributed by atoms with Gasteiger partial charge in [0.15, 0.2) is 5.65 Å². The average molecular weight is 269 g/mol. The van der Waals surface area contributed by atoms with Gasteiger partial charge in [0.05, 0.1) is 11.9 Å². The number of primary amides is 1. The Morgan fingerprint density at radius 3 is 3.00 bits per heavy atom. The third-order valence-electron chi connectivity index (χ3n) is 2.12. The molecule has 0 radical (unpaired) electrons. The van der Waals surface area contributed by atoms with Gasteiger partial charge in [-0.3, -0.25) is 9.20 Å². The minimum Gasteiger partial charge on any atom is -0.364 e. The third kappa shape index (κ3) is 1.61. The second-order valence-electron chi connectivity index (χ2n) is 3.06. The van der Waals surface area contributed by atoms with Gasteiger partial charge < -0.3 is 5.73 Å². The molecule has 0 aliphatic heterocycles. The summed E-state index contributed by atoms with van der Waals surface area (Å²) in [6.45, 7) is 1.93. The predicted molar refractivity (Wildman–Crippen MR) is 58.6 cm³/mol. The monoisotopic (exact) mass is 268 g/mol. The zero-order chi connectivity index (χ0) is 11.0. The lowest BCUT2D eigenvalue weighted by molar-refractivity contribution is 0.0994. The minimum atomic E-state index is -0.475. The van der Waals surface area contributed by atoms with E-state index in [9.17, 15) is 4.79 Å². The molecule has 0 atom stereocenters. The number of fused-ring (bicyclic) bond motifs is 1. The summed E-state index contributed by atoms with van der Waals surface area (Å²) in [5.74, 6) is -0.475. The van der Waals surface area contributed by atoms with Gasteiger partial charge >= 0.3 is 0 Å². The highest BCUT2D eigenvalue weighted by Gasteiger charge is 2.15. The Kier molecular flexibility index (Phi) is 2.44. The second kappa shape index (κ2) is 3.62. The molecule has 0 aliphatic carbocycles. The number of hydrogen-bond acceptors (Lipinski definition) is 3. The molecule has 0 saturated heterocycles. The van der Waals surface area contributed by atoms with E-state index in [-0.39, 0.29) is 0 Å². The van der Waals surface area contributed by atoms with Gasteiger partial charge in [-0.1, -0.05) is 6.92 Å². The van der Waals surface area contributed by atoms with Gasteiger partial charge in [0, 0.05) is 6.20 Å². The molecule has 2 rings (SSSR count). The molecule has 0 spiro atoms. The van der Waals surface area contributed by atoms with E-state index in [2.05, 4.69) is 25.9 Å². The molecular formula is C9H9BrN4O. The molecule has 0 aromatic carbocycles. The van der Waals surface area contributed by atoms with Crippen LogP contribution in [0.25, 0.3) is 5.65 Å². The van der Waals surface area contributed by atoms with E-state index in [1.54, 1.807) is 16.8 Å². The van der Waals surface area contributed by atoms with Gasteiger partial charge in [-0.2, -0.15) is 0 Å². The maximum Gasteiger partial charge on any atom is 0.267 e. The molecule has 1 amide bonds. The van der Waals surface area contributed by atoms with Crippen molar-refractivity contribution >= 4 is 27.5 Å². The molecule has 0 fully saturated rings. The molecule has 2 aromatic heterocycles. The topological polar surface area (TPSA) is 73.3 Å². The number of hydrogen-bond donors (Lipinski definition) is 1. The van der Waals surface area contributed by atoms with Crippen molar-refractivity contribution in [3.8, 4) is 0 Å². The van der Waals surface area contributed by atoms with Gasteiger partial charge in [0.1, 0.15) is 10.3 Å². The van der Waals surface area contributed by atoms with Gasteiger partial charge in [0.25, 0.3) is 5.91 Å². The molecule has 2 aromatic rings. The van der Waals surface area contributed by atoms with Crippen LogP contribution in [0.2, 0.25) is 0 Å². The first-order valence-corrected chi connectivity index (χ1v) is 5.25. The normalized spacial score (nSPS) is 10.8. The molecule has 5 nitrogen and oxygen atoms in total. The van der Waals surface area contributed by atoms with Crippen molar-refractivity contribution in [1.29, 1.82) is 0 Å². The Morgan fingerprint density at radius 2 is 2.40 bits per heavy atom. The number of nitrogens with two attached hydrogens (primary N) is 1. The van der Waals surface area contributed by atoms with Crippen molar-refractivity contribution in [2.45, 2.75) is 13.3 Å². The Labute approximate surface area is 94.5 Å². The number of carbonyl (C=O) groups is 1. The lowest BCUT2D eigenvalue weighted by Gasteiger charge is -1.98.